The third kappa shape index (κ3) is 7.35. The Morgan fingerprint density at radius 3 is 2.02 bits per heavy atom. The van der Waals surface area contributed by atoms with Crippen molar-refractivity contribution in [1.29, 1.82) is 0 Å². The van der Waals surface area contributed by atoms with E-state index in [1.807, 2.05) is 0 Å². The van der Waals surface area contributed by atoms with Gasteiger partial charge in [0.1, 0.15) is 61.0 Å². The van der Waals surface area contributed by atoms with E-state index in [2.05, 4.69) is 33.4 Å². The number of hydrogen-bond donors (Lipinski definition) is 8. The van der Waals surface area contributed by atoms with Crippen LogP contribution in [-0.4, -0.2) is 164 Å². The van der Waals surface area contributed by atoms with Gasteiger partial charge in [0.05, 0.1) is 37.6 Å². The van der Waals surface area contributed by atoms with E-state index in [-0.39, 0.29) is 23.0 Å². The first-order valence-corrected chi connectivity index (χ1v) is 22.9. The third-order valence-corrected chi connectivity index (χ3v) is 17.4. The molecule has 5 aliphatic heterocycles. The fraction of sp³-hybridized carbons (Fsp3) is 0.911. The van der Waals surface area contributed by atoms with Crippen molar-refractivity contribution >= 4 is 0 Å². The molecule has 0 aromatic heterocycles. The summed E-state index contributed by atoms with van der Waals surface area (Å²) in [5.41, 5.74) is 2.63. The second-order valence-electron chi connectivity index (χ2n) is 20.6. The van der Waals surface area contributed by atoms with E-state index in [0.717, 1.165) is 50.5 Å². The summed E-state index contributed by atoms with van der Waals surface area (Å²) in [6, 6.07) is 0. The van der Waals surface area contributed by atoms with Gasteiger partial charge in [-0.1, -0.05) is 44.6 Å². The lowest BCUT2D eigenvalue weighted by molar-refractivity contribution is -0.388. The van der Waals surface area contributed by atoms with E-state index in [1.165, 1.54) is 19.4 Å². The van der Waals surface area contributed by atoms with Crippen molar-refractivity contribution in [3.05, 3.63) is 23.8 Å². The van der Waals surface area contributed by atoms with Crippen LogP contribution in [0.1, 0.15) is 92.4 Å². The second kappa shape index (κ2) is 16.6. The van der Waals surface area contributed by atoms with E-state index < -0.39 is 105 Å². The summed E-state index contributed by atoms with van der Waals surface area (Å²) in [5.74, 6) is 1.90. The maximum absolute atomic E-state index is 12.0. The number of hydrogen-bond acceptors (Lipinski definition) is 16. The molecule has 4 aliphatic carbocycles. The number of ether oxygens (including phenoxy) is 8. The molecule has 9 aliphatic rings. The Kier molecular flexibility index (Phi) is 12.3. The van der Waals surface area contributed by atoms with Crippen LogP contribution in [0, 0.1) is 40.4 Å². The molecule has 16 nitrogen and oxygen atoms in total. The van der Waals surface area contributed by atoms with Crippen molar-refractivity contribution in [3.63, 3.8) is 0 Å². The predicted molar refractivity (Wildman–Crippen MR) is 213 cm³/mol. The van der Waals surface area contributed by atoms with Gasteiger partial charge in [0.25, 0.3) is 0 Å². The van der Waals surface area contributed by atoms with Gasteiger partial charge in [-0.2, -0.15) is 0 Å². The minimum atomic E-state index is -1.71. The Bertz CT molecular complexity index is 1640. The quantitative estimate of drug-likeness (QED) is 0.168. The van der Waals surface area contributed by atoms with Crippen LogP contribution >= 0.6 is 0 Å². The summed E-state index contributed by atoms with van der Waals surface area (Å²) in [6.45, 7) is 14.4. The Morgan fingerprint density at radius 1 is 0.738 bits per heavy atom. The summed E-state index contributed by atoms with van der Waals surface area (Å²) in [5, 5.41) is 85.9. The average molecular weight is 867 g/mol. The van der Waals surface area contributed by atoms with Gasteiger partial charge in [-0.15, -0.1) is 0 Å². The monoisotopic (exact) mass is 866 g/mol. The van der Waals surface area contributed by atoms with Crippen LogP contribution in [0.5, 0.6) is 0 Å². The highest BCUT2D eigenvalue weighted by atomic mass is 16.8. The van der Waals surface area contributed by atoms with Crippen molar-refractivity contribution < 1.29 is 78.7 Å². The van der Waals surface area contributed by atoms with Crippen LogP contribution in [-0.2, 0) is 37.9 Å². The molecule has 3 saturated carbocycles. The fourth-order valence-corrected chi connectivity index (χ4v) is 13.8. The van der Waals surface area contributed by atoms with Crippen LogP contribution in [0.3, 0.4) is 0 Å². The molecule has 1 spiro atoms. The van der Waals surface area contributed by atoms with Crippen LogP contribution in [0.2, 0.25) is 0 Å². The molecule has 0 unspecified atom stereocenters. The van der Waals surface area contributed by atoms with Crippen LogP contribution in [0.15, 0.2) is 23.8 Å². The normalized spacial score (nSPS) is 57.2. The lowest BCUT2D eigenvalue weighted by atomic mass is 9.47. The molecule has 5 heterocycles. The van der Waals surface area contributed by atoms with Crippen molar-refractivity contribution in [1.82, 2.24) is 0 Å². The molecule has 0 amide bonds. The molecule has 0 radical (unpaired) electrons. The average Bonchev–Trinajstić information content (AvgIpc) is 3.69. The first-order chi connectivity index (χ1) is 28.9. The molecule has 0 aromatic carbocycles. The topological polar surface area (TPSA) is 236 Å². The number of fused-ring (bicyclic) bond motifs is 7. The van der Waals surface area contributed by atoms with Gasteiger partial charge in [0.15, 0.2) is 24.7 Å². The zero-order valence-corrected chi connectivity index (χ0v) is 36.1. The molecule has 61 heavy (non-hydrogen) atoms. The van der Waals surface area contributed by atoms with Crippen LogP contribution in [0.25, 0.3) is 0 Å². The van der Waals surface area contributed by atoms with Gasteiger partial charge in [-0.3, -0.25) is 0 Å². The van der Waals surface area contributed by atoms with Gasteiger partial charge in [-0.25, -0.2) is 0 Å². The summed E-state index contributed by atoms with van der Waals surface area (Å²) >= 11 is 0. The van der Waals surface area contributed by atoms with E-state index in [0.29, 0.717) is 49.0 Å². The van der Waals surface area contributed by atoms with Gasteiger partial charge < -0.3 is 78.7 Å². The molecular weight excluding hydrogens is 796 g/mol. The Hall–Kier alpha value is -1.16. The van der Waals surface area contributed by atoms with Gasteiger partial charge >= 0.3 is 0 Å². The minimum absolute atomic E-state index is 0.0268. The SMILES string of the molecule is C=C1CC[C@@]2(OC1)O[C@H]1C[C@H]3[C@@H]4CC=C5C[C@@H](O[C@@H]6O[C@H](CO)[C@@H](O[C@@H]7O[C@@H](C)[C@H](O)[C@@H](O)[C@H]7O)[C@H](O)[C@H]6O[C@@H]6O[C@@H](C)[C@H](O)[C@@H](O)[C@H]6O)CC[C@]5(C)[C@H]4CC[C@]3(C)[C@H]1[C@@H]2C. The molecule has 0 bridgehead atoms. The molecule has 0 aromatic rings. The Morgan fingerprint density at radius 2 is 1.39 bits per heavy atom. The second-order valence-corrected chi connectivity index (χ2v) is 20.6. The highest BCUT2D eigenvalue weighted by molar-refractivity contribution is 5.26. The predicted octanol–water partition coefficient (Wildman–Crippen LogP) is 1.16. The minimum Gasteiger partial charge on any atom is -0.394 e. The van der Waals surface area contributed by atoms with Crippen molar-refractivity contribution in [2.24, 2.45) is 40.4 Å². The first kappa shape index (κ1) is 45.0. The number of aliphatic hydroxyl groups is 8. The maximum atomic E-state index is 12.0. The van der Waals surface area contributed by atoms with Crippen molar-refractivity contribution in [3.8, 4) is 0 Å². The summed E-state index contributed by atoms with van der Waals surface area (Å²) in [7, 11) is 0. The van der Waals surface area contributed by atoms with E-state index in [9.17, 15) is 40.9 Å². The van der Waals surface area contributed by atoms with E-state index >= 15 is 0 Å². The zero-order valence-electron chi connectivity index (χ0n) is 36.1. The Balaban J connectivity index is 0.917. The summed E-state index contributed by atoms with van der Waals surface area (Å²) in [6.07, 6.45) is -10.8. The standard InChI is InChI=1S/C45H70O16/c1-19-9-14-45(54-18-19)20(2)30-28(61-45)16-27-25-8-7-23-15-24(10-12-43(23,5)26(25)11-13-44(27,30)6)57-42-39(60-41-36(52)34(50)32(48)22(4)56-41)37(53)38(29(17-46)58-42)59-40-35(51)33(49)31(47)21(3)55-40/h7,20-22,24-42,46-53H,1,8-18H2,2-6H3/t20-,21-,22-,24-,25+,26-,27-,28-,29+,30-,31-,32-,33+,34+,35+,36+,37-,38+,39+,40-,41-,42+,43-,44-,45+/m0/s1. The molecule has 9 rings (SSSR count). The van der Waals surface area contributed by atoms with Gasteiger partial charge in [0, 0.05) is 12.3 Å². The molecule has 5 saturated heterocycles. The summed E-state index contributed by atoms with van der Waals surface area (Å²) in [4.78, 5) is 0. The number of allylic oxidation sites excluding steroid dienone is 1. The van der Waals surface area contributed by atoms with E-state index in [4.69, 9.17) is 37.9 Å². The van der Waals surface area contributed by atoms with Crippen LogP contribution in [0.4, 0.5) is 0 Å². The Labute approximate surface area is 358 Å². The third-order valence-electron chi connectivity index (χ3n) is 17.4. The van der Waals surface area contributed by atoms with Gasteiger partial charge in [-0.05, 0) is 99.7 Å². The van der Waals surface area contributed by atoms with Crippen LogP contribution < -0.4 is 0 Å². The fourth-order valence-electron chi connectivity index (χ4n) is 13.8. The molecule has 8 N–H and O–H groups in total. The molecule has 25 atom stereocenters. The van der Waals surface area contributed by atoms with Crippen molar-refractivity contribution in [2.45, 2.75) is 203 Å². The molecule has 346 valence electrons. The van der Waals surface area contributed by atoms with E-state index in [1.54, 1.807) is 0 Å². The molecule has 8 fully saturated rings. The first-order valence-electron chi connectivity index (χ1n) is 22.9. The largest absolute Gasteiger partial charge is 0.394 e. The molecular formula is C45H70O16. The number of rotatable bonds is 7. The summed E-state index contributed by atoms with van der Waals surface area (Å²) < 4.78 is 50.0. The van der Waals surface area contributed by atoms with Gasteiger partial charge in [0.2, 0.25) is 0 Å². The lowest BCUT2D eigenvalue weighted by Gasteiger charge is -2.58. The van der Waals surface area contributed by atoms with Crippen molar-refractivity contribution in [2.75, 3.05) is 13.2 Å². The number of aliphatic hydroxyl groups excluding tert-OH is 8. The lowest BCUT2D eigenvalue weighted by Crippen LogP contribution is -2.66. The highest BCUT2D eigenvalue weighted by Crippen LogP contribution is 2.70. The smallest absolute Gasteiger partial charge is 0.187 e. The highest BCUT2D eigenvalue weighted by Gasteiger charge is 2.69. The maximum Gasteiger partial charge on any atom is 0.187 e. The molecule has 16 heteroatoms. The zero-order chi connectivity index (χ0) is 43.5.